The number of morpholine rings is 1. The van der Waals surface area contributed by atoms with Gasteiger partial charge < -0.3 is 9.64 Å². The summed E-state index contributed by atoms with van der Waals surface area (Å²) < 4.78 is 6.10. The van der Waals surface area contributed by atoms with Crippen LogP contribution < -0.4 is 0 Å². The first-order valence-electron chi connectivity index (χ1n) is 8.60. The van der Waals surface area contributed by atoms with E-state index in [2.05, 4.69) is 15.4 Å². The number of rotatable bonds is 1. The largest absolute Gasteiger partial charge is 0.371 e. The van der Waals surface area contributed by atoms with E-state index < -0.39 is 0 Å². The molecular weight excluding hydrogens is 280 g/mol. The molecule has 0 radical (unpaired) electrons. The van der Waals surface area contributed by atoms with E-state index in [-0.39, 0.29) is 17.4 Å². The number of fused-ring (bicyclic) bond motifs is 1. The number of nitrogens with one attached hydrogen (secondary N) is 1. The van der Waals surface area contributed by atoms with Crippen molar-refractivity contribution in [2.24, 2.45) is 0 Å². The van der Waals surface area contributed by atoms with Crippen LogP contribution in [0.1, 0.15) is 62.3 Å². The van der Waals surface area contributed by atoms with Crippen molar-refractivity contribution >= 4 is 5.91 Å². The molecule has 2 aliphatic carbocycles. The molecule has 1 aromatic heterocycles. The third-order valence-electron chi connectivity index (χ3n) is 5.51. The summed E-state index contributed by atoms with van der Waals surface area (Å²) in [5.74, 6) is 0.115. The molecule has 22 heavy (non-hydrogen) atoms. The van der Waals surface area contributed by atoms with Crippen LogP contribution >= 0.6 is 0 Å². The Morgan fingerprint density at radius 3 is 2.95 bits per heavy atom. The Labute approximate surface area is 130 Å². The molecule has 0 aromatic carbocycles. The van der Waals surface area contributed by atoms with Crippen molar-refractivity contribution in [1.29, 1.82) is 0 Å². The molecule has 120 valence electrons. The second kappa shape index (κ2) is 5.65. The fourth-order valence-electron chi connectivity index (χ4n) is 4.33. The lowest BCUT2D eigenvalue weighted by Gasteiger charge is -2.45. The smallest absolute Gasteiger partial charge is 0.232 e. The van der Waals surface area contributed by atoms with Gasteiger partial charge in [0.1, 0.15) is 0 Å². The number of carbonyl (C=O) groups excluding carboxylic acids is 1. The average Bonchev–Trinajstić information content (AvgIpc) is 3.03. The Balaban J connectivity index is 1.51. The van der Waals surface area contributed by atoms with E-state index in [9.17, 15) is 4.79 Å². The zero-order chi connectivity index (χ0) is 15.0. The molecule has 1 saturated carbocycles. The molecule has 1 saturated heterocycles. The number of nitrogens with zero attached hydrogens (tertiary/aromatic N) is 3. The maximum Gasteiger partial charge on any atom is 0.232 e. The van der Waals surface area contributed by atoms with Gasteiger partial charge in [0, 0.05) is 13.1 Å². The Morgan fingerprint density at radius 2 is 2.09 bits per heavy atom. The van der Waals surface area contributed by atoms with Crippen LogP contribution in [0.3, 0.4) is 0 Å². The van der Waals surface area contributed by atoms with E-state index in [1.807, 2.05) is 4.90 Å². The average molecular weight is 304 g/mol. The topological polar surface area (TPSA) is 71.1 Å². The SMILES string of the molecule is O=C(C1CCCc2n[nH]nc21)N1CCOC2(CCCCC2)C1. The van der Waals surface area contributed by atoms with Crippen molar-refractivity contribution in [3.63, 3.8) is 0 Å². The normalized spacial score (nSPS) is 27.6. The fourth-order valence-corrected chi connectivity index (χ4v) is 4.33. The highest BCUT2D eigenvalue weighted by Gasteiger charge is 2.41. The number of amides is 1. The molecule has 0 bridgehead atoms. The van der Waals surface area contributed by atoms with Gasteiger partial charge in [0.05, 0.1) is 29.5 Å². The molecule has 1 amide bonds. The van der Waals surface area contributed by atoms with Crippen LogP contribution in [-0.4, -0.2) is 51.5 Å². The molecule has 1 aliphatic heterocycles. The number of aromatic amines is 1. The number of carbonyl (C=O) groups is 1. The number of hydrogen-bond donors (Lipinski definition) is 1. The molecule has 1 unspecified atom stereocenters. The van der Waals surface area contributed by atoms with Crippen molar-refractivity contribution in [3.8, 4) is 0 Å². The number of hydrogen-bond acceptors (Lipinski definition) is 4. The molecular formula is C16H24N4O2. The maximum atomic E-state index is 13.0. The van der Waals surface area contributed by atoms with E-state index in [1.54, 1.807) is 0 Å². The lowest BCUT2D eigenvalue weighted by Crippen LogP contribution is -2.55. The van der Waals surface area contributed by atoms with Gasteiger partial charge in [0.15, 0.2) is 0 Å². The zero-order valence-corrected chi connectivity index (χ0v) is 13.0. The third-order valence-corrected chi connectivity index (χ3v) is 5.51. The highest BCUT2D eigenvalue weighted by atomic mass is 16.5. The van der Waals surface area contributed by atoms with E-state index in [4.69, 9.17) is 4.74 Å². The summed E-state index contributed by atoms with van der Waals surface area (Å²) in [4.78, 5) is 15.1. The van der Waals surface area contributed by atoms with Crippen LogP contribution in [0.2, 0.25) is 0 Å². The van der Waals surface area contributed by atoms with Crippen LogP contribution in [0, 0.1) is 0 Å². The summed E-state index contributed by atoms with van der Waals surface area (Å²) in [6.07, 6.45) is 8.77. The minimum absolute atomic E-state index is 0.0759. The van der Waals surface area contributed by atoms with Gasteiger partial charge in [-0.1, -0.05) is 19.3 Å². The van der Waals surface area contributed by atoms with E-state index in [1.165, 1.54) is 19.3 Å². The summed E-state index contributed by atoms with van der Waals surface area (Å²) in [5.41, 5.74) is 1.78. The third kappa shape index (κ3) is 2.43. The zero-order valence-electron chi connectivity index (χ0n) is 13.0. The van der Waals surface area contributed by atoms with E-state index >= 15 is 0 Å². The molecule has 2 heterocycles. The Hall–Kier alpha value is -1.43. The van der Waals surface area contributed by atoms with Gasteiger partial charge in [-0.25, -0.2) is 0 Å². The van der Waals surface area contributed by atoms with Crippen LogP contribution in [0.25, 0.3) is 0 Å². The fraction of sp³-hybridized carbons (Fsp3) is 0.812. The second-order valence-electron chi connectivity index (χ2n) is 6.95. The van der Waals surface area contributed by atoms with Gasteiger partial charge >= 0.3 is 0 Å². The molecule has 1 aromatic rings. The molecule has 1 atom stereocenters. The summed E-state index contributed by atoms with van der Waals surface area (Å²) in [7, 11) is 0. The Kier molecular flexibility index (Phi) is 3.64. The highest BCUT2D eigenvalue weighted by Crippen LogP contribution is 2.36. The minimum Gasteiger partial charge on any atom is -0.371 e. The van der Waals surface area contributed by atoms with Gasteiger partial charge in [-0.2, -0.15) is 15.4 Å². The lowest BCUT2D eigenvalue weighted by atomic mass is 9.82. The molecule has 6 heteroatoms. The minimum atomic E-state index is -0.110. The summed E-state index contributed by atoms with van der Waals surface area (Å²) in [5, 5.41) is 11.1. The van der Waals surface area contributed by atoms with Crippen LogP contribution in [0.5, 0.6) is 0 Å². The molecule has 3 aliphatic rings. The predicted molar refractivity (Wildman–Crippen MR) is 80.4 cm³/mol. The van der Waals surface area contributed by atoms with Gasteiger partial charge in [-0.15, -0.1) is 0 Å². The van der Waals surface area contributed by atoms with Crippen LogP contribution in [0.15, 0.2) is 0 Å². The number of aromatic nitrogens is 3. The summed E-state index contributed by atoms with van der Waals surface area (Å²) >= 11 is 0. The lowest BCUT2D eigenvalue weighted by molar-refractivity contribution is -0.158. The maximum absolute atomic E-state index is 13.0. The van der Waals surface area contributed by atoms with Gasteiger partial charge in [0.25, 0.3) is 0 Å². The summed E-state index contributed by atoms with van der Waals surface area (Å²) in [6.45, 7) is 2.14. The quantitative estimate of drug-likeness (QED) is 0.858. The standard InChI is InChI=1S/C16H24N4O2/c21-15(12-5-4-6-13-14(12)18-19-17-13)20-9-10-22-16(11-20)7-2-1-3-8-16/h12H,1-11H2,(H,17,18,19). The number of ether oxygens (including phenoxy) is 1. The molecule has 1 spiro atoms. The molecule has 4 rings (SSSR count). The second-order valence-corrected chi connectivity index (χ2v) is 6.95. The van der Waals surface area contributed by atoms with E-state index in [0.717, 1.165) is 50.0 Å². The first-order valence-corrected chi connectivity index (χ1v) is 8.60. The monoisotopic (exact) mass is 304 g/mol. The predicted octanol–water partition coefficient (Wildman–Crippen LogP) is 1.79. The van der Waals surface area contributed by atoms with Crippen molar-refractivity contribution in [2.45, 2.75) is 62.9 Å². The Morgan fingerprint density at radius 1 is 1.23 bits per heavy atom. The number of aryl methyl sites for hydroxylation is 1. The van der Waals surface area contributed by atoms with Crippen molar-refractivity contribution in [3.05, 3.63) is 11.4 Å². The van der Waals surface area contributed by atoms with Crippen molar-refractivity contribution in [1.82, 2.24) is 20.3 Å². The molecule has 1 N–H and O–H groups in total. The van der Waals surface area contributed by atoms with Gasteiger partial charge in [0.2, 0.25) is 5.91 Å². The van der Waals surface area contributed by atoms with Gasteiger partial charge in [-0.3, -0.25) is 4.79 Å². The first-order chi connectivity index (χ1) is 10.8. The first kappa shape index (κ1) is 14.2. The van der Waals surface area contributed by atoms with Crippen LogP contribution in [0.4, 0.5) is 0 Å². The summed E-state index contributed by atoms with van der Waals surface area (Å²) in [6, 6.07) is 0. The Bertz CT molecular complexity index is 545. The van der Waals surface area contributed by atoms with Crippen molar-refractivity contribution < 1.29 is 9.53 Å². The van der Waals surface area contributed by atoms with E-state index in [0.29, 0.717) is 13.2 Å². The van der Waals surface area contributed by atoms with Crippen LogP contribution in [-0.2, 0) is 16.0 Å². The molecule has 2 fully saturated rings. The van der Waals surface area contributed by atoms with Crippen molar-refractivity contribution in [2.75, 3.05) is 19.7 Å². The van der Waals surface area contributed by atoms with Gasteiger partial charge in [-0.05, 0) is 32.1 Å². The highest BCUT2D eigenvalue weighted by molar-refractivity contribution is 5.84. The molecule has 6 nitrogen and oxygen atoms in total. The number of H-pyrrole nitrogens is 1.